The maximum absolute atomic E-state index is 11.2. The number of hydrogen-bond donors (Lipinski definition) is 1. The second-order valence-electron chi connectivity index (χ2n) is 3.76. The van der Waals surface area contributed by atoms with Crippen LogP contribution < -0.4 is 5.73 Å². The molecule has 0 saturated heterocycles. The van der Waals surface area contributed by atoms with E-state index in [4.69, 9.17) is 5.73 Å². The van der Waals surface area contributed by atoms with Gasteiger partial charge in [0.05, 0.1) is 7.11 Å². The molecule has 2 N–H and O–H groups in total. The number of methoxy groups -OCH3 is 1. The van der Waals surface area contributed by atoms with Crippen LogP contribution in [0.2, 0.25) is 0 Å². The highest BCUT2D eigenvalue weighted by Crippen LogP contribution is 2.12. The van der Waals surface area contributed by atoms with Crippen molar-refractivity contribution in [2.75, 3.05) is 7.11 Å². The van der Waals surface area contributed by atoms with Gasteiger partial charge in [-0.15, -0.1) is 0 Å². The SMILES string of the molecule is COC(=O)[C@@H](N)Cc1cc(C)ccc1C. The maximum Gasteiger partial charge on any atom is 0.322 e. The van der Waals surface area contributed by atoms with E-state index in [1.54, 1.807) is 0 Å². The van der Waals surface area contributed by atoms with Crippen LogP contribution in [-0.4, -0.2) is 19.1 Å². The van der Waals surface area contributed by atoms with Gasteiger partial charge in [-0.3, -0.25) is 4.79 Å². The van der Waals surface area contributed by atoms with Crippen molar-refractivity contribution < 1.29 is 9.53 Å². The van der Waals surface area contributed by atoms with Crippen molar-refractivity contribution in [3.63, 3.8) is 0 Å². The lowest BCUT2D eigenvalue weighted by Gasteiger charge is -2.11. The summed E-state index contributed by atoms with van der Waals surface area (Å²) in [4.78, 5) is 11.2. The first-order valence-corrected chi connectivity index (χ1v) is 4.94. The van der Waals surface area contributed by atoms with E-state index in [9.17, 15) is 4.79 Å². The molecule has 1 rings (SSSR count). The molecule has 0 radical (unpaired) electrons. The number of hydrogen-bond acceptors (Lipinski definition) is 3. The number of carbonyl (C=O) groups excluding carboxylic acids is 1. The normalized spacial score (nSPS) is 12.3. The van der Waals surface area contributed by atoms with Crippen LogP contribution in [0.3, 0.4) is 0 Å². The van der Waals surface area contributed by atoms with E-state index in [2.05, 4.69) is 10.8 Å². The van der Waals surface area contributed by atoms with Crippen LogP contribution in [0.25, 0.3) is 0 Å². The van der Waals surface area contributed by atoms with Crippen molar-refractivity contribution in [3.05, 3.63) is 34.9 Å². The summed E-state index contributed by atoms with van der Waals surface area (Å²) in [6.07, 6.45) is 0.528. The highest BCUT2D eigenvalue weighted by Gasteiger charge is 2.15. The molecule has 0 aromatic heterocycles. The van der Waals surface area contributed by atoms with E-state index in [1.165, 1.54) is 12.7 Å². The van der Waals surface area contributed by atoms with E-state index < -0.39 is 6.04 Å². The van der Waals surface area contributed by atoms with Gasteiger partial charge in [0.15, 0.2) is 0 Å². The molecule has 0 aliphatic carbocycles. The third-order valence-electron chi connectivity index (χ3n) is 2.45. The van der Waals surface area contributed by atoms with Gasteiger partial charge in [0.2, 0.25) is 0 Å². The second kappa shape index (κ2) is 4.94. The Bertz CT molecular complexity index is 361. The Hall–Kier alpha value is -1.35. The molecule has 3 heteroatoms. The van der Waals surface area contributed by atoms with E-state index in [1.807, 2.05) is 26.0 Å². The Morgan fingerprint density at radius 3 is 2.73 bits per heavy atom. The average molecular weight is 207 g/mol. The summed E-state index contributed by atoms with van der Waals surface area (Å²) < 4.78 is 4.59. The van der Waals surface area contributed by atoms with Gasteiger partial charge in [0.1, 0.15) is 6.04 Å². The molecule has 1 atom stereocenters. The van der Waals surface area contributed by atoms with E-state index in [0.29, 0.717) is 6.42 Å². The van der Waals surface area contributed by atoms with Crippen molar-refractivity contribution in [3.8, 4) is 0 Å². The van der Waals surface area contributed by atoms with Gasteiger partial charge in [-0.05, 0) is 31.4 Å². The van der Waals surface area contributed by atoms with Crippen LogP contribution in [-0.2, 0) is 16.0 Å². The Morgan fingerprint density at radius 1 is 1.47 bits per heavy atom. The molecule has 82 valence electrons. The first kappa shape index (κ1) is 11.7. The topological polar surface area (TPSA) is 52.3 Å². The molecular weight excluding hydrogens is 190 g/mol. The fourth-order valence-corrected chi connectivity index (χ4v) is 1.49. The van der Waals surface area contributed by atoms with Crippen molar-refractivity contribution >= 4 is 5.97 Å². The molecule has 3 nitrogen and oxygen atoms in total. The third-order valence-corrected chi connectivity index (χ3v) is 2.45. The number of ether oxygens (including phenoxy) is 1. The minimum Gasteiger partial charge on any atom is -0.468 e. The molecule has 0 amide bonds. The van der Waals surface area contributed by atoms with Gasteiger partial charge in [0.25, 0.3) is 0 Å². The lowest BCUT2D eigenvalue weighted by Crippen LogP contribution is -2.33. The zero-order chi connectivity index (χ0) is 11.4. The smallest absolute Gasteiger partial charge is 0.322 e. The molecule has 1 aromatic carbocycles. The number of rotatable bonds is 3. The fraction of sp³-hybridized carbons (Fsp3) is 0.417. The molecule has 1 aromatic rings. The zero-order valence-corrected chi connectivity index (χ0v) is 9.41. The van der Waals surface area contributed by atoms with Crippen LogP contribution in [0.5, 0.6) is 0 Å². The second-order valence-corrected chi connectivity index (χ2v) is 3.76. The fourth-order valence-electron chi connectivity index (χ4n) is 1.49. The minimum atomic E-state index is -0.574. The van der Waals surface area contributed by atoms with Crippen molar-refractivity contribution in [2.45, 2.75) is 26.3 Å². The highest BCUT2D eigenvalue weighted by atomic mass is 16.5. The van der Waals surface area contributed by atoms with E-state index in [-0.39, 0.29) is 5.97 Å². The molecule has 0 aliphatic heterocycles. The number of esters is 1. The van der Waals surface area contributed by atoms with Crippen molar-refractivity contribution in [1.29, 1.82) is 0 Å². The number of benzene rings is 1. The van der Waals surface area contributed by atoms with E-state index in [0.717, 1.165) is 11.1 Å². The van der Waals surface area contributed by atoms with Crippen LogP contribution >= 0.6 is 0 Å². The lowest BCUT2D eigenvalue weighted by atomic mass is 9.99. The molecule has 0 saturated carbocycles. The first-order valence-electron chi connectivity index (χ1n) is 4.94. The molecule has 0 fully saturated rings. The van der Waals surface area contributed by atoms with Gasteiger partial charge >= 0.3 is 5.97 Å². The zero-order valence-electron chi connectivity index (χ0n) is 9.41. The summed E-state index contributed by atoms with van der Waals surface area (Å²) in [5.74, 6) is -0.365. The van der Waals surface area contributed by atoms with Crippen LogP contribution in [0, 0.1) is 13.8 Å². The van der Waals surface area contributed by atoms with Gasteiger partial charge in [-0.1, -0.05) is 23.8 Å². The number of nitrogens with two attached hydrogens (primary N) is 1. The molecule has 0 heterocycles. The van der Waals surface area contributed by atoms with Gasteiger partial charge < -0.3 is 10.5 Å². The lowest BCUT2D eigenvalue weighted by molar-refractivity contribution is -0.142. The molecular formula is C12H17NO2. The van der Waals surface area contributed by atoms with Crippen molar-refractivity contribution in [1.82, 2.24) is 0 Å². The minimum absolute atomic E-state index is 0.365. The third kappa shape index (κ3) is 3.06. The largest absolute Gasteiger partial charge is 0.468 e. The highest BCUT2D eigenvalue weighted by molar-refractivity contribution is 5.75. The summed E-state index contributed by atoms with van der Waals surface area (Å²) in [5.41, 5.74) is 9.14. The summed E-state index contributed by atoms with van der Waals surface area (Å²) >= 11 is 0. The molecule has 15 heavy (non-hydrogen) atoms. The predicted octanol–water partition coefficient (Wildman–Crippen LogP) is 1.35. The van der Waals surface area contributed by atoms with Gasteiger partial charge in [-0.2, -0.15) is 0 Å². The average Bonchev–Trinajstić information content (AvgIpc) is 2.22. The number of aryl methyl sites for hydroxylation is 2. The number of carbonyl (C=O) groups is 1. The molecule has 0 bridgehead atoms. The maximum atomic E-state index is 11.2. The van der Waals surface area contributed by atoms with Gasteiger partial charge in [-0.25, -0.2) is 0 Å². The summed E-state index contributed by atoms with van der Waals surface area (Å²) in [6, 6.07) is 5.56. The monoisotopic (exact) mass is 207 g/mol. The van der Waals surface area contributed by atoms with Crippen LogP contribution in [0.15, 0.2) is 18.2 Å². The Labute approximate surface area is 90.2 Å². The Kier molecular flexibility index (Phi) is 3.86. The summed E-state index contributed by atoms with van der Waals surface area (Å²) in [7, 11) is 1.35. The van der Waals surface area contributed by atoms with Gasteiger partial charge in [0, 0.05) is 0 Å². The Morgan fingerprint density at radius 2 is 2.13 bits per heavy atom. The summed E-state index contributed by atoms with van der Waals surface area (Å²) in [5, 5.41) is 0. The molecule has 0 aliphatic rings. The standard InChI is InChI=1S/C12H17NO2/c1-8-4-5-9(2)10(6-8)7-11(13)12(14)15-3/h4-6,11H,7,13H2,1-3H3/t11-/m0/s1. The van der Waals surface area contributed by atoms with Crippen LogP contribution in [0.1, 0.15) is 16.7 Å². The quantitative estimate of drug-likeness (QED) is 0.761. The van der Waals surface area contributed by atoms with Crippen molar-refractivity contribution in [2.24, 2.45) is 5.73 Å². The Balaban J connectivity index is 2.80. The molecule has 0 spiro atoms. The summed E-state index contributed by atoms with van der Waals surface area (Å²) in [6.45, 7) is 4.03. The van der Waals surface area contributed by atoms with Crippen LogP contribution in [0.4, 0.5) is 0 Å². The predicted molar refractivity (Wildman–Crippen MR) is 59.6 cm³/mol. The first-order chi connectivity index (χ1) is 7.04. The van der Waals surface area contributed by atoms with E-state index >= 15 is 0 Å². The molecule has 0 unspecified atom stereocenters.